The van der Waals surface area contributed by atoms with Crippen molar-refractivity contribution in [3.63, 3.8) is 0 Å². The number of alkyl carbamates (subject to hydrolysis) is 1. The van der Waals surface area contributed by atoms with E-state index in [4.69, 9.17) is 4.74 Å². The first kappa shape index (κ1) is 19.8. The molecular formula is C21H34N2O2. The second kappa shape index (κ2) is 9.23. The molecule has 1 saturated heterocycles. The summed E-state index contributed by atoms with van der Waals surface area (Å²) in [6.07, 6.45) is 4.43. The largest absolute Gasteiger partial charge is 0.444 e. The van der Waals surface area contributed by atoms with Crippen LogP contribution in [0.15, 0.2) is 30.3 Å². The van der Waals surface area contributed by atoms with Crippen LogP contribution in [0.2, 0.25) is 0 Å². The number of ether oxygens (including phenoxy) is 1. The van der Waals surface area contributed by atoms with Crippen molar-refractivity contribution in [2.24, 2.45) is 5.92 Å². The van der Waals surface area contributed by atoms with Crippen LogP contribution < -0.4 is 10.6 Å². The van der Waals surface area contributed by atoms with Crippen LogP contribution in [0.5, 0.6) is 0 Å². The number of hydrogen-bond donors (Lipinski definition) is 2. The average molecular weight is 347 g/mol. The number of piperidine rings is 1. The van der Waals surface area contributed by atoms with Crippen molar-refractivity contribution in [3.05, 3.63) is 35.9 Å². The molecule has 2 rings (SSSR count). The maximum absolute atomic E-state index is 12.0. The zero-order valence-corrected chi connectivity index (χ0v) is 16.2. The minimum atomic E-state index is -0.458. The van der Waals surface area contributed by atoms with Gasteiger partial charge in [0.1, 0.15) is 5.60 Å². The molecule has 0 saturated carbocycles. The standard InChI is InChI=1S/C21H34N2O2/c1-16(17-10-6-5-7-11-17)14-18(19-12-8-9-13-22-19)15-23-20(24)25-21(2,3)4/h5-7,10-11,16,18-19,22H,8-9,12-15H2,1-4H3,(H,23,24)/t16-,18-,19-/m0/s1. The molecule has 0 unspecified atom stereocenters. The van der Waals surface area contributed by atoms with Gasteiger partial charge in [0.15, 0.2) is 0 Å². The maximum atomic E-state index is 12.0. The van der Waals surface area contributed by atoms with E-state index in [9.17, 15) is 4.79 Å². The Bertz CT molecular complexity index is 518. The van der Waals surface area contributed by atoms with Gasteiger partial charge in [-0.05, 0) is 64.0 Å². The Hall–Kier alpha value is -1.55. The Kier molecular flexibility index (Phi) is 7.30. The molecule has 0 bridgehead atoms. The number of benzene rings is 1. The SMILES string of the molecule is C[C@@H](C[C@@H](CNC(=O)OC(C)(C)C)[C@@H]1CCCCN1)c1ccccc1. The zero-order valence-electron chi connectivity index (χ0n) is 16.2. The lowest BCUT2D eigenvalue weighted by Crippen LogP contribution is -2.46. The van der Waals surface area contributed by atoms with Gasteiger partial charge in [-0.3, -0.25) is 0 Å². The minimum Gasteiger partial charge on any atom is -0.444 e. The number of hydrogen-bond acceptors (Lipinski definition) is 3. The van der Waals surface area contributed by atoms with Crippen molar-refractivity contribution in [2.75, 3.05) is 13.1 Å². The normalized spacial score (nSPS) is 20.6. The lowest BCUT2D eigenvalue weighted by atomic mass is 9.83. The van der Waals surface area contributed by atoms with E-state index in [1.165, 1.54) is 24.8 Å². The fourth-order valence-corrected chi connectivity index (χ4v) is 3.57. The predicted molar refractivity (Wildman–Crippen MR) is 103 cm³/mol. The summed E-state index contributed by atoms with van der Waals surface area (Å²) >= 11 is 0. The van der Waals surface area contributed by atoms with Crippen molar-refractivity contribution in [1.82, 2.24) is 10.6 Å². The Morgan fingerprint density at radius 2 is 2.00 bits per heavy atom. The van der Waals surface area contributed by atoms with E-state index < -0.39 is 5.60 Å². The molecule has 0 aliphatic carbocycles. The zero-order chi connectivity index (χ0) is 18.3. The Morgan fingerprint density at radius 1 is 1.28 bits per heavy atom. The third-order valence-electron chi connectivity index (χ3n) is 4.85. The van der Waals surface area contributed by atoms with Gasteiger partial charge in [0.25, 0.3) is 0 Å². The molecule has 1 fully saturated rings. The third kappa shape index (κ3) is 7.07. The van der Waals surface area contributed by atoms with Crippen LogP contribution in [0.4, 0.5) is 4.79 Å². The van der Waals surface area contributed by atoms with E-state index in [1.54, 1.807) is 0 Å². The predicted octanol–water partition coefficient (Wildman–Crippen LogP) is 4.46. The molecule has 2 N–H and O–H groups in total. The van der Waals surface area contributed by atoms with Crippen molar-refractivity contribution < 1.29 is 9.53 Å². The topological polar surface area (TPSA) is 50.4 Å². The van der Waals surface area contributed by atoms with Crippen molar-refractivity contribution in [1.29, 1.82) is 0 Å². The molecule has 1 aliphatic rings. The van der Waals surface area contributed by atoms with Gasteiger partial charge >= 0.3 is 6.09 Å². The summed E-state index contributed by atoms with van der Waals surface area (Å²) in [5.41, 5.74) is 0.903. The monoisotopic (exact) mass is 346 g/mol. The van der Waals surface area contributed by atoms with E-state index in [-0.39, 0.29) is 6.09 Å². The highest BCUT2D eigenvalue weighted by molar-refractivity contribution is 5.67. The summed E-state index contributed by atoms with van der Waals surface area (Å²) in [6.45, 7) is 9.69. The lowest BCUT2D eigenvalue weighted by Gasteiger charge is -2.33. The summed E-state index contributed by atoms with van der Waals surface area (Å²) < 4.78 is 5.39. The second-order valence-electron chi connectivity index (χ2n) is 8.25. The van der Waals surface area contributed by atoms with E-state index in [1.807, 2.05) is 20.8 Å². The molecule has 0 radical (unpaired) electrons. The van der Waals surface area contributed by atoms with Crippen LogP contribution in [0, 0.1) is 5.92 Å². The van der Waals surface area contributed by atoms with Gasteiger partial charge in [0.2, 0.25) is 0 Å². The molecule has 140 valence electrons. The van der Waals surface area contributed by atoms with E-state index in [2.05, 4.69) is 47.9 Å². The van der Waals surface area contributed by atoms with Crippen LogP contribution >= 0.6 is 0 Å². The first-order valence-electron chi connectivity index (χ1n) is 9.60. The molecule has 3 atom stereocenters. The summed E-state index contributed by atoms with van der Waals surface area (Å²) in [7, 11) is 0. The van der Waals surface area contributed by atoms with Gasteiger partial charge in [0.05, 0.1) is 0 Å². The first-order chi connectivity index (χ1) is 11.8. The summed E-state index contributed by atoms with van der Waals surface area (Å²) in [4.78, 5) is 12.0. The molecule has 0 aromatic heterocycles. The first-order valence-corrected chi connectivity index (χ1v) is 9.60. The van der Waals surface area contributed by atoms with Gasteiger partial charge in [-0.1, -0.05) is 43.7 Å². The summed E-state index contributed by atoms with van der Waals surface area (Å²) in [5, 5.41) is 6.65. The Labute approximate surface area is 152 Å². The fourth-order valence-electron chi connectivity index (χ4n) is 3.57. The van der Waals surface area contributed by atoms with Crippen LogP contribution in [-0.2, 0) is 4.74 Å². The van der Waals surface area contributed by atoms with Crippen molar-refractivity contribution >= 4 is 6.09 Å². The van der Waals surface area contributed by atoms with Crippen molar-refractivity contribution in [2.45, 2.75) is 70.9 Å². The molecule has 0 spiro atoms. The van der Waals surface area contributed by atoms with Crippen LogP contribution in [0.1, 0.15) is 64.9 Å². The molecule has 25 heavy (non-hydrogen) atoms. The van der Waals surface area contributed by atoms with E-state index in [0.29, 0.717) is 24.4 Å². The number of carbonyl (C=O) groups is 1. The molecule has 4 nitrogen and oxygen atoms in total. The highest BCUT2D eigenvalue weighted by atomic mass is 16.6. The van der Waals surface area contributed by atoms with Crippen LogP contribution in [0.25, 0.3) is 0 Å². The van der Waals surface area contributed by atoms with Crippen LogP contribution in [-0.4, -0.2) is 30.8 Å². The average Bonchev–Trinajstić information content (AvgIpc) is 2.58. The number of carbonyl (C=O) groups excluding carboxylic acids is 1. The molecular weight excluding hydrogens is 312 g/mol. The summed E-state index contributed by atoms with van der Waals surface area (Å²) in [6, 6.07) is 11.1. The molecule has 1 aliphatic heterocycles. The van der Waals surface area contributed by atoms with Gasteiger partial charge < -0.3 is 15.4 Å². The fraction of sp³-hybridized carbons (Fsp3) is 0.667. The Morgan fingerprint density at radius 3 is 2.60 bits per heavy atom. The molecule has 1 heterocycles. The smallest absolute Gasteiger partial charge is 0.407 e. The van der Waals surface area contributed by atoms with E-state index >= 15 is 0 Å². The molecule has 1 amide bonds. The third-order valence-corrected chi connectivity index (χ3v) is 4.85. The Balaban J connectivity index is 1.96. The van der Waals surface area contributed by atoms with Gasteiger partial charge in [-0.25, -0.2) is 4.79 Å². The number of nitrogens with one attached hydrogen (secondary N) is 2. The second-order valence-corrected chi connectivity index (χ2v) is 8.25. The number of rotatable bonds is 6. The van der Waals surface area contributed by atoms with Gasteiger partial charge in [-0.15, -0.1) is 0 Å². The highest BCUT2D eigenvalue weighted by Crippen LogP contribution is 2.27. The molecule has 1 aromatic rings. The van der Waals surface area contributed by atoms with Gasteiger partial charge in [-0.2, -0.15) is 0 Å². The van der Waals surface area contributed by atoms with Gasteiger partial charge in [0, 0.05) is 12.6 Å². The maximum Gasteiger partial charge on any atom is 0.407 e. The summed E-state index contributed by atoms with van der Waals surface area (Å²) in [5.74, 6) is 0.874. The molecule has 1 aromatic carbocycles. The number of amides is 1. The van der Waals surface area contributed by atoms with Crippen molar-refractivity contribution in [3.8, 4) is 0 Å². The van der Waals surface area contributed by atoms with Crippen LogP contribution in [0.3, 0.4) is 0 Å². The minimum absolute atomic E-state index is 0.319. The molecule has 4 heteroatoms. The highest BCUT2D eigenvalue weighted by Gasteiger charge is 2.26. The lowest BCUT2D eigenvalue weighted by molar-refractivity contribution is 0.0512. The van der Waals surface area contributed by atoms with E-state index in [0.717, 1.165) is 13.0 Å². The quantitative estimate of drug-likeness (QED) is 0.799.